The Morgan fingerprint density at radius 2 is 2.40 bits per heavy atom. The molecule has 0 radical (unpaired) electrons. The van der Waals surface area contributed by atoms with Crippen molar-refractivity contribution in [2.24, 2.45) is 5.92 Å². The standard InChI is InChI=1S/C10H14ClN3O/c1-7-8(5-15)2-3-14(7)10-4-9(11)12-6-13-10/h4,6-8,15H,2-3,5H2,1H3. The smallest absolute Gasteiger partial charge is 0.134 e. The molecule has 0 saturated carbocycles. The molecule has 1 aromatic heterocycles. The first-order valence-electron chi connectivity index (χ1n) is 5.07. The lowest BCUT2D eigenvalue weighted by molar-refractivity contribution is 0.221. The second kappa shape index (κ2) is 4.33. The average Bonchev–Trinajstić information content (AvgIpc) is 2.59. The molecule has 0 amide bonds. The molecule has 0 spiro atoms. The van der Waals surface area contributed by atoms with Gasteiger partial charge in [-0.25, -0.2) is 9.97 Å². The number of aliphatic hydroxyl groups is 1. The van der Waals surface area contributed by atoms with Gasteiger partial charge in [0.15, 0.2) is 0 Å². The lowest BCUT2D eigenvalue weighted by atomic mass is 10.0. The maximum absolute atomic E-state index is 9.17. The Hall–Kier alpha value is -0.870. The molecule has 5 heteroatoms. The molecule has 2 atom stereocenters. The van der Waals surface area contributed by atoms with Crippen LogP contribution in [0.15, 0.2) is 12.4 Å². The molecule has 1 N–H and O–H groups in total. The highest BCUT2D eigenvalue weighted by atomic mass is 35.5. The molecule has 0 aliphatic carbocycles. The van der Waals surface area contributed by atoms with Crippen LogP contribution in [0.3, 0.4) is 0 Å². The Morgan fingerprint density at radius 1 is 1.60 bits per heavy atom. The Morgan fingerprint density at radius 3 is 3.00 bits per heavy atom. The van der Waals surface area contributed by atoms with E-state index in [1.807, 2.05) is 0 Å². The molecule has 1 fully saturated rings. The van der Waals surface area contributed by atoms with Crippen molar-refractivity contribution in [3.63, 3.8) is 0 Å². The summed E-state index contributed by atoms with van der Waals surface area (Å²) in [4.78, 5) is 10.2. The van der Waals surface area contributed by atoms with Gasteiger partial charge in [0.1, 0.15) is 17.3 Å². The molecule has 1 aliphatic rings. The number of anilines is 1. The van der Waals surface area contributed by atoms with E-state index in [0.717, 1.165) is 18.8 Å². The zero-order valence-electron chi connectivity index (χ0n) is 8.60. The SMILES string of the molecule is CC1C(CO)CCN1c1cc(Cl)ncn1. The summed E-state index contributed by atoms with van der Waals surface area (Å²) < 4.78 is 0. The van der Waals surface area contributed by atoms with Crippen molar-refractivity contribution < 1.29 is 5.11 Å². The lowest BCUT2D eigenvalue weighted by Gasteiger charge is -2.24. The highest BCUT2D eigenvalue weighted by molar-refractivity contribution is 6.29. The highest BCUT2D eigenvalue weighted by Crippen LogP contribution is 2.28. The summed E-state index contributed by atoms with van der Waals surface area (Å²) in [6.07, 6.45) is 2.47. The van der Waals surface area contributed by atoms with Crippen LogP contribution in [0.1, 0.15) is 13.3 Å². The topological polar surface area (TPSA) is 49.2 Å². The number of aliphatic hydroxyl groups excluding tert-OH is 1. The number of aromatic nitrogens is 2. The molecule has 1 aliphatic heterocycles. The fraction of sp³-hybridized carbons (Fsp3) is 0.600. The third-order valence-electron chi connectivity index (χ3n) is 3.06. The molecule has 4 nitrogen and oxygen atoms in total. The van der Waals surface area contributed by atoms with Gasteiger partial charge >= 0.3 is 0 Å². The Bertz CT molecular complexity index is 347. The van der Waals surface area contributed by atoms with Crippen LogP contribution in [0.5, 0.6) is 0 Å². The van der Waals surface area contributed by atoms with Crippen molar-refractivity contribution in [2.75, 3.05) is 18.1 Å². The molecule has 0 aromatic carbocycles. The minimum absolute atomic E-state index is 0.233. The van der Waals surface area contributed by atoms with Gasteiger partial charge in [0.2, 0.25) is 0 Å². The van der Waals surface area contributed by atoms with E-state index >= 15 is 0 Å². The van der Waals surface area contributed by atoms with Gasteiger partial charge in [0.05, 0.1) is 0 Å². The quantitative estimate of drug-likeness (QED) is 0.775. The van der Waals surface area contributed by atoms with E-state index in [4.69, 9.17) is 11.6 Å². The predicted octanol–water partition coefficient (Wildman–Crippen LogP) is 1.34. The molecule has 2 unspecified atom stereocenters. The van der Waals surface area contributed by atoms with E-state index in [1.54, 1.807) is 6.07 Å². The fourth-order valence-corrected chi connectivity index (χ4v) is 2.19. The van der Waals surface area contributed by atoms with Gasteiger partial charge in [-0.2, -0.15) is 0 Å². The first-order chi connectivity index (χ1) is 7.22. The molecule has 15 heavy (non-hydrogen) atoms. The lowest BCUT2D eigenvalue weighted by Crippen LogP contribution is -2.31. The van der Waals surface area contributed by atoms with Crippen LogP contribution in [0.25, 0.3) is 0 Å². The molecule has 1 saturated heterocycles. The van der Waals surface area contributed by atoms with Crippen LogP contribution >= 0.6 is 11.6 Å². The number of rotatable bonds is 2. The van der Waals surface area contributed by atoms with E-state index < -0.39 is 0 Å². The van der Waals surface area contributed by atoms with Gasteiger partial charge in [-0.05, 0) is 13.3 Å². The van der Waals surface area contributed by atoms with E-state index in [2.05, 4.69) is 21.8 Å². The van der Waals surface area contributed by atoms with Crippen LogP contribution < -0.4 is 4.90 Å². The van der Waals surface area contributed by atoms with Crippen molar-refractivity contribution in [3.8, 4) is 0 Å². The van der Waals surface area contributed by atoms with Gasteiger partial charge in [0.25, 0.3) is 0 Å². The Balaban J connectivity index is 2.18. The zero-order chi connectivity index (χ0) is 10.8. The second-order valence-electron chi connectivity index (χ2n) is 3.86. The summed E-state index contributed by atoms with van der Waals surface area (Å²) in [7, 11) is 0. The molecule has 0 bridgehead atoms. The van der Waals surface area contributed by atoms with E-state index in [9.17, 15) is 5.11 Å². The largest absolute Gasteiger partial charge is 0.396 e. The van der Waals surface area contributed by atoms with Crippen molar-refractivity contribution in [1.29, 1.82) is 0 Å². The summed E-state index contributed by atoms with van der Waals surface area (Å²) >= 11 is 5.81. The maximum atomic E-state index is 9.17. The summed E-state index contributed by atoms with van der Waals surface area (Å²) in [5, 5.41) is 9.63. The monoisotopic (exact) mass is 227 g/mol. The summed E-state index contributed by atoms with van der Waals surface area (Å²) in [6, 6.07) is 2.07. The molecular weight excluding hydrogens is 214 g/mol. The van der Waals surface area contributed by atoms with E-state index in [1.165, 1.54) is 6.33 Å². The van der Waals surface area contributed by atoms with Crippen molar-refractivity contribution in [2.45, 2.75) is 19.4 Å². The highest BCUT2D eigenvalue weighted by Gasteiger charge is 2.30. The van der Waals surface area contributed by atoms with Crippen LogP contribution in [0.2, 0.25) is 5.15 Å². The van der Waals surface area contributed by atoms with E-state index in [-0.39, 0.29) is 6.61 Å². The maximum Gasteiger partial charge on any atom is 0.134 e. The van der Waals surface area contributed by atoms with Gasteiger partial charge in [-0.3, -0.25) is 0 Å². The van der Waals surface area contributed by atoms with Crippen LogP contribution in [-0.4, -0.2) is 34.3 Å². The minimum Gasteiger partial charge on any atom is -0.396 e. The van der Waals surface area contributed by atoms with Crippen LogP contribution in [-0.2, 0) is 0 Å². The number of halogens is 1. The third kappa shape index (κ3) is 2.06. The third-order valence-corrected chi connectivity index (χ3v) is 3.27. The van der Waals surface area contributed by atoms with Crippen LogP contribution in [0, 0.1) is 5.92 Å². The number of hydrogen-bond acceptors (Lipinski definition) is 4. The van der Waals surface area contributed by atoms with Gasteiger partial charge in [0, 0.05) is 31.2 Å². The molecule has 2 rings (SSSR count). The zero-order valence-corrected chi connectivity index (χ0v) is 9.35. The molecule has 2 heterocycles. The Kier molecular flexibility index (Phi) is 3.07. The summed E-state index contributed by atoms with van der Waals surface area (Å²) in [5.41, 5.74) is 0. The summed E-state index contributed by atoms with van der Waals surface area (Å²) in [6.45, 7) is 3.25. The first-order valence-corrected chi connectivity index (χ1v) is 5.45. The molecule has 1 aromatic rings. The van der Waals surface area contributed by atoms with Crippen LogP contribution in [0.4, 0.5) is 5.82 Å². The predicted molar refractivity (Wildman–Crippen MR) is 59.0 cm³/mol. The van der Waals surface area contributed by atoms with Gasteiger partial charge in [-0.1, -0.05) is 11.6 Å². The number of nitrogens with zero attached hydrogens (tertiary/aromatic N) is 3. The van der Waals surface area contributed by atoms with Crippen molar-refractivity contribution in [1.82, 2.24) is 9.97 Å². The van der Waals surface area contributed by atoms with Crippen molar-refractivity contribution in [3.05, 3.63) is 17.5 Å². The Labute approximate surface area is 93.9 Å². The van der Waals surface area contributed by atoms with Gasteiger partial charge < -0.3 is 10.0 Å². The first kappa shape index (κ1) is 10.6. The second-order valence-corrected chi connectivity index (χ2v) is 4.25. The molecule has 82 valence electrons. The van der Waals surface area contributed by atoms with Gasteiger partial charge in [-0.15, -0.1) is 0 Å². The average molecular weight is 228 g/mol. The normalized spacial score (nSPS) is 25.9. The van der Waals surface area contributed by atoms with Crippen molar-refractivity contribution >= 4 is 17.4 Å². The van der Waals surface area contributed by atoms with E-state index in [0.29, 0.717) is 17.1 Å². The fourth-order valence-electron chi connectivity index (χ4n) is 2.05. The summed E-state index contributed by atoms with van der Waals surface area (Å²) in [5.74, 6) is 1.18. The number of hydrogen-bond donors (Lipinski definition) is 1. The minimum atomic E-state index is 0.233. The molecular formula is C10H14ClN3O.